The molecule has 0 radical (unpaired) electrons. The molecule has 0 bridgehead atoms. The van der Waals surface area contributed by atoms with Gasteiger partial charge in [-0.15, -0.1) is 0 Å². The molecule has 0 fully saturated rings. The van der Waals surface area contributed by atoms with Gasteiger partial charge in [0.2, 0.25) is 0 Å². The Kier molecular flexibility index (Phi) is 1.77. The monoisotopic (exact) mass is 208 g/mol. The van der Waals surface area contributed by atoms with E-state index in [-0.39, 0.29) is 0 Å². The molecular formula is C14H12N2. The molecule has 0 heterocycles. The maximum Gasteiger partial charge on any atom is 0.0400 e. The molecule has 4 N–H and O–H groups in total. The fraction of sp³-hybridized carbons (Fsp3) is 0. The van der Waals surface area contributed by atoms with E-state index >= 15 is 0 Å². The fourth-order valence-corrected chi connectivity index (χ4v) is 2.22. The summed E-state index contributed by atoms with van der Waals surface area (Å²) in [4.78, 5) is 0. The Bertz CT molecular complexity index is 687. The SMILES string of the molecule is Nc1cc2cccc(N)c2c2ccccc12. The van der Waals surface area contributed by atoms with E-state index in [1.54, 1.807) is 0 Å². The molecule has 3 rings (SSSR count). The summed E-state index contributed by atoms with van der Waals surface area (Å²) in [6.07, 6.45) is 0. The van der Waals surface area contributed by atoms with E-state index in [0.717, 1.165) is 32.9 Å². The number of fused-ring (bicyclic) bond motifs is 3. The first-order valence-corrected chi connectivity index (χ1v) is 5.23. The van der Waals surface area contributed by atoms with Gasteiger partial charge in [-0.1, -0.05) is 36.4 Å². The molecule has 0 saturated heterocycles. The molecule has 0 amide bonds. The minimum Gasteiger partial charge on any atom is -0.398 e. The fourth-order valence-electron chi connectivity index (χ4n) is 2.22. The first-order valence-electron chi connectivity index (χ1n) is 5.23. The molecule has 0 aliphatic heterocycles. The lowest BCUT2D eigenvalue weighted by atomic mass is 9.99. The van der Waals surface area contributed by atoms with Crippen LogP contribution in [0.1, 0.15) is 0 Å². The van der Waals surface area contributed by atoms with Gasteiger partial charge in [0.15, 0.2) is 0 Å². The number of anilines is 2. The zero-order valence-electron chi connectivity index (χ0n) is 8.77. The molecule has 0 spiro atoms. The molecule has 0 saturated carbocycles. The van der Waals surface area contributed by atoms with Crippen molar-refractivity contribution >= 4 is 32.9 Å². The van der Waals surface area contributed by atoms with E-state index < -0.39 is 0 Å². The van der Waals surface area contributed by atoms with Gasteiger partial charge in [-0.25, -0.2) is 0 Å². The van der Waals surface area contributed by atoms with E-state index in [4.69, 9.17) is 11.5 Å². The Morgan fingerprint density at radius 2 is 1.44 bits per heavy atom. The molecule has 0 aliphatic rings. The van der Waals surface area contributed by atoms with Crippen molar-refractivity contribution in [3.63, 3.8) is 0 Å². The predicted molar refractivity (Wildman–Crippen MR) is 70.3 cm³/mol. The van der Waals surface area contributed by atoms with E-state index in [0.29, 0.717) is 0 Å². The van der Waals surface area contributed by atoms with Gasteiger partial charge in [-0.05, 0) is 22.9 Å². The quantitative estimate of drug-likeness (QED) is 0.440. The van der Waals surface area contributed by atoms with Crippen LogP contribution in [0.3, 0.4) is 0 Å². The highest BCUT2D eigenvalue weighted by molar-refractivity contribution is 6.16. The third kappa shape index (κ3) is 1.13. The minimum atomic E-state index is 0.800. The highest BCUT2D eigenvalue weighted by Crippen LogP contribution is 2.33. The highest BCUT2D eigenvalue weighted by Gasteiger charge is 2.05. The Labute approximate surface area is 93.5 Å². The molecule has 0 aliphatic carbocycles. The summed E-state index contributed by atoms with van der Waals surface area (Å²) in [5, 5.41) is 4.37. The molecule has 2 nitrogen and oxygen atoms in total. The van der Waals surface area contributed by atoms with Crippen LogP contribution in [0, 0.1) is 0 Å². The topological polar surface area (TPSA) is 52.0 Å². The summed E-state index contributed by atoms with van der Waals surface area (Å²) in [5.74, 6) is 0. The van der Waals surface area contributed by atoms with Crippen LogP contribution in [0.4, 0.5) is 11.4 Å². The molecule has 0 atom stereocenters. The first-order chi connectivity index (χ1) is 7.77. The number of rotatable bonds is 0. The van der Waals surface area contributed by atoms with Crippen molar-refractivity contribution < 1.29 is 0 Å². The molecule has 78 valence electrons. The van der Waals surface area contributed by atoms with Crippen molar-refractivity contribution in [2.75, 3.05) is 11.5 Å². The van der Waals surface area contributed by atoms with Crippen molar-refractivity contribution in [3.05, 3.63) is 48.5 Å². The average Bonchev–Trinajstić information content (AvgIpc) is 2.29. The van der Waals surface area contributed by atoms with Gasteiger partial charge in [-0.3, -0.25) is 0 Å². The third-order valence-electron chi connectivity index (χ3n) is 2.95. The van der Waals surface area contributed by atoms with E-state index in [2.05, 4.69) is 6.07 Å². The first kappa shape index (κ1) is 9.04. The number of nitrogens with two attached hydrogens (primary N) is 2. The van der Waals surface area contributed by atoms with Crippen molar-refractivity contribution in [1.82, 2.24) is 0 Å². The smallest absolute Gasteiger partial charge is 0.0400 e. The lowest BCUT2D eigenvalue weighted by Gasteiger charge is -2.08. The lowest BCUT2D eigenvalue weighted by molar-refractivity contribution is 1.73. The van der Waals surface area contributed by atoms with Gasteiger partial charge in [-0.2, -0.15) is 0 Å². The van der Waals surface area contributed by atoms with Crippen molar-refractivity contribution in [2.24, 2.45) is 0 Å². The Morgan fingerprint density at radius 1 is 0.688 bits per heavy atom. The number of hydrogen-bond acceptors (Lipinski definition) is 2. The van der Waals surface area contributed by atoms with Crippen LogP contribution < -0.4 is 11.5 Å². The number of hydrogen-bond donors (Lipinski definition) is 2. The summed E-state index contributed by atoms with van der Waals surface area (Å²) in [6, 6.07) is 16.0. The van der Waals surface area contributed by atoms with Gasteiger partial charge >= 0.3 is 0 Å². The number of benzene rings is 3. The van der Waals surface area contributed by atoms with Gasteiger partial charge < -0.3 is 11.5 Å². The summed E-state index contributed by atoms with van der Waals surface area (Å²) in [6.45, 7) is 0. The Morgan fingerprint density at radius 3 is 2.25 bits per heavy atom. The van der Waals surface area contributed by atoms with Gasteiger partial charge in [0.1, 0.15) is 0 Å². The standard InChI is InChI=1S/C14H12N2/c15-12-7-3-4-9-8-13(16)10-5-1-2-6-11(10)14(9)12/h1-8H,15-16H2. The second kappa shape index (κ2) is 3.14. The zero-order valence-corrected chi connectivity index (χ0v) is 8.77. The highest BCUT2D eigenvalue weighted by atomic mass is 14.6. The second-order valence-corrected chi connectivity index (χ2v) is 3.96. The van der Waals surface area contributed by atoms with Crippen LogP contribution in [-0.2, 0) is 0 Å². The third-order valence-corrected chi connectivity index (χ3v) is 2.95. The van der Waals surface area contributed by atoms with Crippen molar-refractivity contribution in [2.45, 2.75) is 0 Å². The molecule has 2 heteroatoms. The van der Waals surface area contributed by atoms with Crippen molar-refractivity contribution in [1.29, 1.82) is 0 Å². The number of nitrogen functional groups attached to an aromatic ring is 2. The molecule has 16 heavy (non-hydrogen) atoms. The molecule has 0 aromatic heterocycles. The van der Waals surface area contributed by atoms with Crippen LogP contribution >= 0.6 is 0 Å². The summed E-state index contributed by atoms with van der Waals surface area (Å²) in [5.41, 5.74) is 13.7. The zero-order chi connectivity index (χ0) is 11.1. The van der Waals surface area contributed by atoms with Crippen LogP contribution in [0.2, 0.25) is 0 Å². The molecular weight excluding hydrogens is 196 g/mol. The molecule has 3 aromatic rings. The van der Waals surface area contributed by atoms with Crippen LogP contribution in [0.15, 0.2) is 48.5 Å². The largest absolute Gasteiger partial charge is 0.398 e. The predicted octanol–water partition coefficient (Wildman–Crippen LogP) is 3.16. The minimum absolute atomic E-state index is 0.800. The summed E-state index contributed by atoms with van der Waals surface area (Å²) in [7, 11) is 0. The van der Waals surface area contributed by atoms with Crippen LogP contribution in [-0.4, -0.2) is 0 Å². The van der Waals surface area contributed by atoms with Crippen LogP contribution in [0.5, 0.6) is 0 Å². The van der Waals surface area contributed by atoms with E-state index in [1.807, 2.05) is 42.5 Å². The second-order valence-electron chi connectivity index (χ2n) is 3.96. The van der Waals surface area contributed by atoms with Gasteiger partial charge in [0.25, 0.3) is 0 Å². The summed E-state index contributed by atoms with van der Waals surface area (Å²) < 4.78 is 0. The van der Waals surface area contributed by atoms with Crippen LogP contribution in [0.25, 0.3) is 21.5 Å². The van der Waals surface area contributed by atoms with Gasteiger partial charge in [0, 0.05) is 22.1 Å². The maximum atomic E-state index is 6.03. The lowest BCUT2D eigenvalue weighted by Crippen LogP contribution is -1.91. The Balaban J connectivity index is 2.67. The van der Waals surface area contributed by atoms with Gasteiger partial charge in [0.05, 0.1) is 0 Å². The Hall–Kier alpha value is -2.22. The molecule has 0 unspecified atom stereocenters. The van der Waals surface area contributed by atoms with E-state index in [9.17, 15) is 0 Å². The summed E-state index contributed by atoms with van der Waals surface area (Å²) >= 11 is 0. The maximum absolute atomic E-state index is 6.03. The average molecular weight is 208 g/mol. The van der Waals surface area contributed by atoms with E-state index in [1.165, 1.54) is 0 Å². The molecule has 3 aromatic carbocycles. The van der Waals surface area contributed by atoms with Crippen molar-refractivity contribution in [3.8, 4) is 0 Å². The normalized spacial score (nSPS) is 11.0.